The van der Waals surface area contributed by atoms with Crippen LogP contribution in [-0.2, 0) is 6.18 Å². The Labute approximate surface area is 97.5 Å². The van der Waals surface area contributed by atoms with Crippen LogP contribution in [-0.4, -0.2) is 4.98 Å². The third kappa shape index (κ3) is 2.22. The zero-order valence-corrected chi connectivity index (χ0v) is 9.50. The van der Waals surface area contributed by atoms with Gasteiger partial charge in [-0.05, 0) is 40.8 Å². The maximum atomic E-state index is 12.4. The summed E-state index contributed by atoms with van der Waals surface area (Å²) in [5, 5.41) is 0.711. The molecular formula is C10H5F3IN. The van der Waals surface area contributed by atoms with Crippen molar-refractivity contribution in [1.82, 2.24) is 4.98 Å². The lowest BCUT2D eigenvalue weighted by atomic mass is 10.2. The minimum Gasteiger partial charge on any atom is -0.243 e. The number of hydrogen-bond acceptors (Lipinski definition) is 1. The summed E-state index contributed by atoms with van der Waals surface area (Å²) in [4.78, 5) is 3.58. The molecule has 1 heterocycles. The number of halogens is 4. The monoisotopic (exact) mass is 323 g/mol. The summed E-state index contributed by atoms with van der Waals surface area (Å²) < 4.78 is 37.9. The molecule has 1 nitrogen and oxygen atoms in total. The van der Waals surface area contributed by atoms with Crippen molar-refractivity contribution in [3.05, 3.63) is 39.6 Å². The van der Waals surface area contributed by atoms with E-state index in [2.05, 4.69) is 4.98 Å². The molecule has 0 saturated heterocycles. The molecule has 5 heteroatoms. The van der Waals surface area contributed by atoms with Gasteiger partial charge >= 0.3 is 6.18 Å². The molecule has 0 fully saturated rings. The predicted octanol–water partition coefficient (Wildman–Crippen LogP) is 3.86. The van der Waals surface area contributed by atoms with E-state index in [0.717, 1.165) is 9.64 Å². The van der Waals surface area contributed by atoms with Crippen molar-refractivity contribution in [2.45, 2.75) is 6.18 Å². The van der Waals surface area contributed by atoms with E-state index >= 15 is 0 Å². The second kappa shape index (κ2) is 3.62. The molecule has 2 rings (SSSR count). The van der Waals surface area contributed by atoms with Gasteiger partial charge in [-0.2, -0.15) is 13.2 Å². The van der Waals surface area contributed by atoms with E-state index < -0.39 is 11.9 Å². The van der Waals surface area contributed by atoms with Crippen molar-refractivity contribution in [1.29, 1.82) is 0 Å². The van der Waals surface area contributed by atoms with Gasteiger partial charge in [-0.3, -0.25) is 0 Å². The summed E-state index contributed by atoms with van der Waals surface area (Å²) in [5.41, 5.74) is -0.478. The van der Waals surface area contributed by atoms with E-state index in [0.29, 0.717) is 10.9 Å². The van der Waals surface area contributed by atoms with Crippen LogP contribution in [0.1, 0.15) is 5.69 Å². The van der Waals surface area contributed by atoms with Crippen molar-refractivity contribution < 1.29 is 13.2 Å². The molecule has 2 aromatic rings. The van der Waals surface area contributed by atoms with E-state index in [1.165, 1.54) is 6.07 Å². The van der Waals surface area contributed by atoms with E-state index in [4.69, 9.17) is 0 Å². The summed E-state index contributed by atoms with van der Waals surface area (Å²) in [6, 6.07) is 7.64. The van der Waals surface area contributed by atoms with E-state index in [-0.39, 0.29) is 0 Å². The zero-order valence-electron chi connectivity index (χ0n) is 7.35. The van der Waals surface area contributed by atoms with Crippen molar-refractivity contribution in [3.8, 4) is 0 Å². The molecule has 1 aromatic carbocycles. The lowest BCUT2D eigenvalue weighted by Crippen LogP contribution is -2.07. The SMILES string of the molecule is FC(F)(F)c1ccc2ccc(I)cc2n1. The van der Waals surface area contributed by atoms with Crippen LogP contribution in [0.5, 0.6) is 0 Å². The molecule has 0 saturated carbocycles. The number of pyridine rings is 1. The van der Waals surface area contributed by atoms with Gasteiger partial charge in [-0.15, -0.1) is 0 Å². The predicted molar refractivity (Wildman–Crippen MR) is 59.5 cm³/mol. The molecule has 0 amide bonds. The van der Waals surface area contributed by atoms with Crippen LogP contribution in [0.15, 0.2) is 30.3 Å². The molecule has 0 atom stereocenters. The first-order valence-corrected chi connectivity index (χ1v) is 5.18. The Bertz CT molecular complexity index is 507. The molecule has 0 aliphatic heterocycles. The molecule has 15 heavy (non-hydrogen) atoms. The summed E-state index contributed by atoms with van der Waals surface area (Å²) in [6.45, 7) is 0. The van der Waals surface area contributed by atoms with E-state index in [1.807, 2.05) is 28.7 Å². The number of aromatic nitrogens is 1. The average molecular weight is 323 g/mol. The summed E-state index contributed by atoms with van der Waals surface area (Å²) in [6.07, 6.45) is -4.38. The number of fused-ring (bicyclic) bond motifs is 1. The topological polar surface area (TPSA) is 12.9 Å². The third-order valence-corrected chi connectivity index (χ3v) is 2.62. The van der Waals surface area contributed by atoms with Crippen molar-refractivity contribution in [2.75, 3.05) is 0 Å². The minimum atomic E-state index is -4.38. The number of alkyl halides is 3. The van der Waals surface area contributed by atoms with Gasteiger partial charge in [-0.1, -0.05) is 12.1 Å². The highest BCUT2D eigenvalue weighted by molar-refractivity contribution is 14.1. The maximum Gasteiger partial charge on any atom is 0.433 e. The van der Waals surface area contributed by atoms with Gasteiger partial charge in [0.05, 0.1) is 5.52 Å². The minimum absolute atomic E-state index is 0.372. The fraction of sp³-hybridized carbons (Fsp3) is 0.100. The van der Waals surface area contributed by atoms with Crippen LogP contribution in [0.25, 0.3) is 10.9 Å². The summed E-state index contributed by atoms with van der Waals surface area (Å²) in [5.74, 6) is 0. The van der Waals surface area contributed by atoms with Crippen molar-refractivity contribution >= 4 is 33.5 Å². The number of rotatable bonds is 0. The third-order valence-electron chi connectivity index (χ3n) is 1.94. The molecule has 0 aliphatic rings. The quantitative estimate of drug-likeness (QED) is 0.671. The van der Waals surface area contributed by atoms with Gasteiger partial charge in [0.1, 0.15) is 5.69 Å². The molecular weight excluding hydrogens is 318 g/mol. The molecule has 0 aliphatic carbocycles. The summed E-state index contributed by atoms with van der Waals surface area (Å²) in [7, 11) is 0. The first-order valence-electron chi connectivity index (χ1n) is 4.10. The van der Waals surface area contributed by atoms with Crippen molar-refractivity contribution in [3.63, 3.8) is 0 Å². The van der Waals surface area contributed by atoms with Gasteiger partial charge in [0.25, 0.3) is 0 Å². The largest absolute Gasteiger partial charge is 0.433 e. The number of hydrogen-bond donors (Lipinski definition) is 0. The highest BCUT2D eigenvalue weighted by Gasteiger charge is 2.32. The van der Waals surface area contributed by atoms with Gasteiger partial charge < -0.3 is 0 Å². The number of benzene rings is 1. The zero-order chi connectivity index (χ0) is 11.1. The fourth-order valence-electron chi connectivity index (χ4n) is 1.25. The fourth-order valence-corrected chi connectivity index (χ4v) is 1.72. The molecule has 0 spiro atoms. The normalized spacial score (nSPS) is 12.0. The van der Waals surface area contributed by atoms with Crippen LogP contribution < -0.4 is 0 Å². The Balaban J connectivity index is 2.64. The molecule has 0 N–H and O–H groups in total. The second-order valence-electron chi connectivity index (χ2n) is 3.03. The lowest BCUT2D eigenvalue weighted by Gasteiger charge is -2.06. The van der Waals surface area contributed by atoms with Gasteiger partial charge in [0, 0.05) is 8.96 Å². The van der Waals surface area contributed by atoms with E-state index in [9.17, 15) is 13.2 Å². The van der Waals surface area contributed by atoms with Gasteiger partial charge in [0.2, 0.25) is 0 Å². The molecule has 0 bridgehead atoms. The Hall–Kier alpha value is -0.850. The van der Waals surface area contributed by atoms with E-state index in [1.54, 1.807) is 12.1 Å². The molecule has 0 radical (unpaired) electrons. The second-order valence-corrected chi connectivity index (χ2v) is 4.28. The van der Waals surface area contributed by atoms with Crippen LogP contribution in [0.4, 0.5) is 13.2 Å². The lowest BCUT2D eigenvalue weighted by molar-refractivity contribution is -0.140. The molecule has 1 aromatic heterocycles. The van der Waals surface area contributed by atoms with Crippen molar-refractivity contribution in [2.24, 2.45) is 0 Å². The number of nitrogens with zero attached hydrogens (tertiary/aromatic N) is 1. The van der Waals surface area contributed by atoms with Crippen LogP contribution >= 0.6 is 22.6 Å². The Kier molecular flexibility index (Phi) is 2.57. The smallest absolute Gasteiger partial charge is 0.243 e. The van der Waals surface area contributed by atoms with Gasteiger partial charge in [0.15, 0.2) is 0 Å². The first kappa shape index (κ1) is 10.7. The van der Waals surface area contributed by atoms with Crippen LogP contribution in [0.3, 0.4) is 0 Å². The van der Waals surface area contributed by atoms with Gasteiger partial charge in [-0.25, -0.2) is 4.98 Å². The molecule has 0 unspecified atom stereocenters. The Morgan fingerprint density at radius 3 is 2.40 bits per heavy atom. The standard InChI is InChI=1S/C10H5F3IN/c11-10(12,13)9-4-2-6-1-3-7(14)5-8(6)15-9/h1-5H. The Morgan fingerprint density at radius 1 is 1.07 bits per heavy atom. The summed E-state index contributed by atoms with van der Waals surface area (Å²) >= 11 is 2.04. The molecule has 78 valence electrons. The highest BCUT2D eigenvalue weighted by Crippen LogP contribution is 2.29. The highest BCUT2D eigenvalue weighted by atomic mass is 127. The maximum absolute atomic E-state index is 12.4. The Morgan fingerprint density at radius 2 is 1.73 bits per heavy atom. The van der Waals surface area contributed by atoms with Crippen LogP contribution in [0.2, 0.25) is 0 Å². The first-order chi connectivity index (χ1) is 6.97. The average Bonchev–Trinajstić information content (AvgIpc) is 2.15. The van der Waals surface area contributed by atoms with Crippen LogP contribution in [0, 0.1) is 3.57 Å².